The van der Waals surface area contributed by atoms with Crippen LogP contribution >= 0.6 is 0 Å². The number of benzene rings is 1. The molecule has 0 unspecified atom stereocenters. The zero-order valence-electron chi connectivity index (χ0n) is 10.7. The second-order valence-corrected chi connectivity index (χ2v) is 3.93. The van der Waals surface area contributed by atoms with Crippen LogP contribution in [0.1, 0.15) is 10.4 Å². The van der Waals surface area contributed by atoms with E-state index in [-0.39, 0.29) is 17.3 Å². The van der Waals surface area contributed by atoms with E-state index >= 15 is 0 Å². The number of carbonyl (C=O) groups excluding carboxylic acids is 1. The first kappa shape index (κ1) is 13.5. The van der Waals surface area contributed by atoms with E-state index in [4.69, 9.17) is 0 Å². The van der Waals surface area contributed by atoms with Crippen molar-refractivity contribution in [3.63, 3.8) is 0 Å². The van der Waals surface area contributed by atoms with Gasteiger partial charge in [-0.25, -0.2) is 0 Å². The van der Waals surface area contributed by atoms with Gasteiger partial charge in [0.15, 0.2) is 0 Å². The normalized spacial score (nSPS) is 9.85. The summed E-state index contributed by atoms with van der Waals surface area (Å²) in [5.74, 6) is -0.345. The van der Waals surface area contributed by atoms with E-state index < -0.39 is 4.92 Å². The van der Waals surface area contributed by atoms with Gasteiger partial charge in [-0.1, -0.05) is 0 Å². The molecular formula is C13H12N4O3. The van der Waals surface area contributed by atoms with E-state index in [1.54, 1.807) is 31.6 Å². The minimum atomic E-state index is -0.504. The van der Waals surface area contributed by atoms with Gasteiger partial charge in [0.25, 0.3) is 11.6 Å². The third-order valence-corrected chi connectivity index (χ3v) is 2.66. The van der Waals surface area contributed by atoms with Crippen molar-refractivity contribution in [1.82, 2.24) is 4.98 Å². The van der Waals surface area contributed by atoms with Gasteiger partial charge in [-0.2, -0.15) is 0 Å². The molecule has 0 radical (unpaired) electrons. The van der Waals surface area contributed by atoms with Crippen LogP contribution in [0.4, 0.5) is 17.1 Å². The summed E-state index contributed by atoms with van der Waals surface area (Å²) in [7, 11) is 1.56. The van der Waals surface area contributed by atoms with Crippen LogP contribution in [-0.4, -0.2) is 22.9 Å². The first-order chi connectivity index (χ1) is 9.61. The largest absolute Gasteiger partial charge is 0.383 e. The van der Waals surface area contributed by atoms with E-state index in [1.807, 2.05) is 0 Å². The lowest BCUT2D eigenvalue weighted by Gasteiger charge is -2.07. The van der Waals surface area contributed by atoms with Crippen molar-refractivity contribution in [2.75, 3.05) is 17.7 Å². The molecule has 2 aromatic rings. The Balaban J connectivity index is 2.25. The molecule has 0 aliphatic rings. The van der Waals surface area contributed by atoms with Crippen LogP contribution in [0.5, 0.6) is 0 Å². The number of nitro groups is 1. The molecule has 20 heavy (non-hydrogen) atoms. The number of nitrogens with zero attached hydrogens (tertiary/aromatic N) is 2. The number of carbonyl (C=O) groups is 1. The van der Waals surface area contributed by atoms with Gasteiger partial charge in [-0.15, -0.1) is 0 Å². The zero-order chi connectivity index (χ0) is 14.5. The topological polar surface area (TPSA) is 97.2 Å². The number of rotatable bonds is 4. The number of aromatic nitrogens is 1. The molecule has 0 spiro atoms. The van der Waals surface area contributed by atoms with Gasteiger partial charge >= 0.3 is 0 Å². The van der Waals surface area contributed by atoms with Crippen LogP contribution < -0.4 is 10.6 Å². The monoisotopic (exact) mass is 272 g/mol. The van der Waals surface area contributed by atoms with E-state index in [0.717, 1.165) is 0 Å². The minimum Gasteiger partial charge on any atom is -0.383 e. The molecule has 0 fully saturated rings. The van der Waals surface area contributed by atoms with Gasteiger partial charge in [-0.05, 0) is 24.3 Å². The summed E-state index contributed by atoms with van der Waals surface area (Å²) in [4.78, 5) is 26.2. The second kappa shape index (κ2) is 5.79. The third kappa shape index (κ3) is 2.89. The Morgan fingerprint density at radius 3 is 2.55 bits per heavy atom. The SMILES string of the molecule is CNc1cc(C(=O)Nc2ccncc2)ccc1[N+](=O)[O-]. The van der Waals surface area contributed by atoms with Crippen LogP contribution in [0.2, 0.25) is 0 Å². The molecule has 2 rings (SSSR count). The highest BCUT2D eigenvalue weighted by Crippen LogP contribution is 2.25. The fourth-order valence-electron chi connectivity index (χ4n) is 1.68. The Labute approximate surface area is 114 Å². The van der Waals surface area contributed by atoms with Crippen molar-refractivity contribution in [2.24, 2.45) is 0 Å². The summed E-state index contributed by atoms with van der Waals surface area (Å²) in [6, 6.07) is 7.46. The van der Waals surface area contributed by atoms with E-state index in [2.05, 4.69) is 15.6 Å². The summed E-state index contributed by atoms with van der Waals surface area (Å²) in [6.45, 7) is 0. The molecule has 0 saturated heterocycles. The first-order valence-corrected chi connectivity index (χ1v) is 5.79. The molecule has 0 atom stereocenters. The molecule has 0 aliphatic heterocycles. The van der Waals surface area contributed by atoms with Gasteiger partial charge in [0.2, 0.25) is 0 Å². The maximum absolute atomic E-state index is 12.0. The number of nitro benzene ring substituents is 1. The Bertz CT molecular complexity index is 643. The lowest BCUT2D eigenvalue weighted by atomic mass is 10.1. The summed E-state index contributed by atoms with van der Waals surface area (Å²) in [5, 5.41) is 16.2. The third-order valence-electron chi connectivity index (χ3n) is 2.66. The van der Waals surface area contributed by atoms with Gasteiger partial charge in [0.05, 0.1) is 4.92 Å². The molecule has 7 heteroatoms. The highest BCUT2D eigenvalue weighted by molar-refractivity contribution is 6.05. The molecule has 0 bridgehead atoms. The molecule has 1 heterocycles. The van der Waals surface area contributed by atoms with E-state index in [0.29, 0.717) is 11.3 Å². The molecule has 102 valence electrons. The Hall–Kier alpha value is -2.96. The Morgan fingerprint density at radius 1 is 1.25 bits per heavy atom. The highest BCUT2D eigenvalue weighted by atomic mass is 16.6. The predicted octanol–water partition coefficient (Wildman–Crippen LogP) is 2.28. The first-order valence-electron chi connectivity index (χ1n) is 5.79. The number of hydrogen-bond donors (Lipinski definition) is 2. The quantitative estimate of drug-likeness (QED) is 0.657. The Morgan fingerprint density at radius 2 is 1.95 bits per heavy atom. The summed E-state index contributed by atoms with van der Waals surface area (Å²) >= 11 is 0. The average molecular weight is 272 g/mol. The van der Waals surface area contributed by atoms with Gasteiger partial charge in [0, 0.05) is 36.8 Å². The lowest BCUT2D eigenvalue weighted by molar-refractivity contribution is -0.383. The summed E-state index contributed by atoms with van der Waals surface area (Å²) in [6.07, 6.45) is 3.12. The Kier molecular flexibility index (Phi) is 3.90. The minimum absolute atomic E-state index is 0.0760. The number of hydrogen-bond acceptors (Lipinski definition) is 5. The van der Waals surface area contributed by atoms with Crippen LogP contribution in [0.25, 0.3) is 0 Å². The van der Waals surface area contributed by atoms with Crippen LogP contribution in [0.15, 0.2) is 42.7 Å². The lowest BCUT2D eigenvalue weighted by Crippen LogP contribution is -2.12. The number of anilines is 2. The number of amides is 1. The zero-order valence-corrected chi connectivity index (χ0v) is 10.7. The molecule has 0 saturated carbocycles. The molecule has 7 nitrogen and oxygen atoms in total. The van der Waals surface area contributed by atoms with Crippen LogP contribution in [-0.2, 0) is 0 Å². The second-order valence-electron chi connectivity index (χ2n) is 3.93. The fourth-order valence-corrected chi connectivity index (χ4v) is 1.68. The molecular weight excluding hydrogens is 260 g/mol. The van der Waals surface area contributed by atoms with Gasteiger partial charge < -0.3 is 10.6 Å². The summed E-state index contributed by atoms with van der Waals surface area (Å²) < 4.78 is 0. The van der Waals surface area contributed by atoms with E-state index in [9.17, 15) is 14.9 Å². The average Bonchev–Trinajstić information content (AvgIpc) is 2.47. The smallest absolute Gasteiger partial charge is 0.292 e. The molecule has 1 amide bonds. The van der Waals surface area contributed by atoms with Crippen molar-refractivity contribution >= 4 is 23.0 Å². The van der Waals surface area contributed by atoms with Gasteiger partial charge in [0.1, 0.15) is 5.69 Å². The maximum Gasteiger partial charge on any atom is 0.292 e. The van der Waals surface area contributed by atoms with Crippen molar-refractivity contribution < 1.29 is 9.72 Å². The van der Waals surface area contributed by atoms with Crippen LogP contribution in [0, 0.1) is 10.1 Å². The molecule has 0 aliphatic carbocycles. The molecule has 1 aromatic heterocycles. The van der Waals surface area contributed by atoms with Crippen molar-refractivity contribution in [1.29, 1.82) is 0 Å². The fraction of sp³-hybridized carbons (Fsp3) is 0.0769. The van der Waals surface area contributed by atoms with E-state index in [1.165, 1.54) is 18.2 Å². The number of pyridine rings is 1. The molecule has 2 N–H and O–H groups in total. The molecule has 1 aromatic carbocycles. The summed E-state index contributed by atoms with van der Waals surface area (Å²) in [5.41, 5.74) is 1.15. The van der Waals surface area contributed by atoms with Crippen molar-refractivity contribution in [2.45, 2.75) is 0 Å². The maximum atomic E-state index is 12.0. The van der Waals surface area contributed by atoms with Gasteiger partial charge in [-0.3, -0.25) is 19.9 Å². The van der Waals surface area contributed by atoms with Crippen LogP contribution in [0.3, 0.4) is 0 Å². The predicted molar refractivity (Wildman–Crippen MR) is 74.8 cm³/mol. The van der Waals surface area contributed by atoms with Crippen molar-refractivity contribution in [3.8, 4) is 0 Å². The number of nitrogens with one attached hydrogen (secondary N) is 2. The standard InChI is InChI=1S/C13H12N4O3/c1-14-11-8-9(2-3-12(11)17(19)20)13(18)16-10-4-6-15-7-5-10/h2-8,14H,1H3,(H,15,16,18). The van der Waals surface area contributed by atoms with Crippen molar-refractivity contribution in [3.05, 3.63) is 58.4 Å². The highest BCUT2D eigenvalue weighted by Gasteiger charge is 2.15.